The summed E-state index contributed by atoms with van der Waals surface area (Å²) in [5.41, 5.74) is 7.28. The van der Waals surface area contributed by atoms with Crippen LogP contribution in [0.3, 0.4) is 0 Å². The van der Waals surface area contributed by atoms with Gasteiger partial charge in [-0.2, -0.15) is 0 Å². The summed E-state index contributed by atoms with van der Waals surface area (Å²) in [4.78, 5) is 15.9. The highest BCUT2D eigenvalue weighted by Gasteiger charge is 2.24. The van der Waals surface area contributed by atoms with E-state index in [-0.39, 0.29) is 24.1 Å². The zero-order valence-corrected chi connectivity index (χ0v) is 13.9. The lowest BCUT2D eigenvalue weighted by atomic mass is 10.0. The average Bonchev–Trinajstić information content (AvgIpc) is 2.64. The monoisotopic (exact) mass is 345 g/mol. The minimum absolute atomic E-state index is 0.0179. The fraction of sp³-hybridized carbons (Fsp3) is 0.316. The Hall–Kier alpha value is -2.47. The maximum absolute atomic E-state index is 13.9. The van der Waals surface area contributed by atoms with Crippen molar-refractivity contribution in [1.29, 1.82) is 0 Å². The SMILES string of the molecule is NC(CC(=O)N1CCN(c2cc(F)ccc2F)CC1)c1ccccc1. The van der Waals surface area contributed by atoms with E-state index in [0.717, 1.165) is 17.7 Å². The topological polar surface area (TPSA) is 49.6 Å². The maximum Gasteiger partial charge on any atom is 0.224 e. The van der Waals surface area contributed by atoms with Crippen molar-refractivity contribution in [2.45, 2.75) is 12.5 Å². The van der Waals surface area contributed by atoms with Gasteiger partial charge in [0, 0.05) is 44.7 Å². The van der Waals surface area contributed by atoms with Gasteiger partial charge in [0.2, 0.25) is 5.91 Å². The summed E-state index contributed by atoms with van der Waals surface area (Å²) < 4.78 is 27.2. The van der Waals surface area contributed by atoms with Gasteiger partial charge in [0.05, 0.1) is 5.69 Å². The van der Waals surface area contributed by atoms with Gasteiger partial charge < -0.3 is 15.5 Å². The van der Waals surface area contributed by atoms with Crippen LogP contribution in [-0.4, -0.2) is 37.0 Å². The van der Waals surface area contributed by atoms with E-state index in [2.05, 4.69) is 0 Å². The summed E-state index contributed by atoms with van der Waals surface area (Å²) >= 11 is 0. The first-order chi connectivity index (χ1) is 12.0. The Morgan fingerprint density at radius 3 is 2.40 bits per heavy atom. The molecule has 25 heavy (non-hydrogen) atoms. The van der Waals surface area contributed by atoms with Crippen molar-refractivity contribution >= 4 is 11.6 Å². The van der Waals surface area contributed by atoms with Gasteiger partial charge in [-0.25, -0.2) is 8.78 Å². The van der Waals surface area contributed by atoms with E-state index in [0.29, 0.717) is 26.2 Å². The molecular formula is C19H21F2N3O. The normalized spacial score (nSPS) is 16.0. The van der Waals surface area contributed by atoms with Crippen molar-refractivity contribution in [1.82, 2.24) is 4.90 Å². The van der Waals surface area contributed by atoms with E-state index in [9.17, 15) is 13.6 Å². The highest BCUT2D eigenvalue weighted by Crippen LogP contribution is 2.22. The zero-order chi connectivity index (χ0) is 17.8. The van der Waals surface area contributed by atoms with Crippen molar-refractivity contribution in [3.63, 3.8) is 0 Å². The van der Waals surface area contributed by atoms with Crippen molar-refractivity contribution in [3.05, 3.63) is 65.7 Å². The van der Waals surface area contributed by atoms with Gasteiger partial charge in [-0.15, -0.1) is 0 Å². The van der Waals surface area contributed by atoms with Crippen LogP contribution in [0.1, 0.15) is 18.0 Å². The van der Waals surface area contributed by atoms with E-state index in [4.69, 9.17) is 5.73 Å². The van der Waals surface area contributed by atoms with Gasteiger partial charge in [0.1, 0.15) is 11.6 Å². The van der Waals surface area contributed by atoms with Crippen molar-refractivity contribution < 1.29 is 13.6 Å². The summed E-state index contributed by atoms with van der Waals surface area (Å²) in [6.45, 7) is 1.87. The molecule has 1 aliphatic rings. The Bertz CT molecular complexity index is 731. The molecule has 2 aromatic rings. The number of benzene rings is 2. The van der Waals surface area contributed by atoms with Gasteiger partial charge >= 0.3 is 0 Å². The standard InChI is InChI=1S/C19H21F2N3O/c20-15-6-7-16(21)18(12-15)23-8-10-24(11-9-23)19(25)13-17(22)14-4-2-1-3-5-14/h1-7,12,17H,8-11,13,22H2. The van der Waals surface area contributed by atoms with E-state index >= 15 is 0 Å². The average molecular weight is 345 g/mol. The number of nitrogens with two attached hydrogens (primary N) is 1. The number of carbonyl (C=O) groups is 1. The molecule has 1 aliphatic heterocycles. The number of rotatable bonds is 4. The third-order valence-corrected chi connectivity index (χ3v) is 4.50. The third-order valence-electron chi connectivity index (χ3n) is 4.50. The molecule has 1 atom stereocenters. The first-order valence-electron chi connectivity index (χ1n) is 8.33. The molecule has 2 N–H and O–H groups in total. The fourth-order valence-electron chi connectivity index (χ4n) is 3.06. The lowest BCUT2D eigenvalue weighted by molar-refractivity contribution is -0.131. The smallest absolute Gasteiger partial charge is 0.224 e. The molecule has 3 rings (SSSR count). The first kappa shape index (κ1) is 17.4. The summed E-state index contributed by atoms with van der Waals surface area (Å²) in [5, 5.41) is 0. The van der Waals surface area contributed by atoms with Crippen LogP contribution in [0, 0.1) is 11.6 Å². The predicted molar refractivity (Wildman–Crippen MR) is 93.1 cm³/mol. The highest BCUT2D eigenvalue weighted by molar-refractivity contribution is 5.77. The minimum atomic E-state index is -0.469. The Morgan fingerprint density at radius 2 is 1.72 bits per heavy atom. The van der Waals surface area contributed by atoms with Crippen molar-refractivity contribution in [2.75, 3.05) is 31.1 Å². The van der Waals surface area contributed by atoms with Gasteiger partial charge in [-0.1, -0.05) is 30.3 Å². The molecule has 4 nitrogen and oxygen atoms in total. The van der Waals surface area contributed by atoms with Gasteiger partial charge in [0.25, 0.3) is 0 Å². The predicted octanol–water partition coefficient (Wildman–Crippen LogP) is 2.70. The number of anilines is 1. The molecule has 1 fully saturated rings. The Kier molecular flexibility index (Phi) is 5.28. The number of piperazine rings is 1. The number of carbonyl (C=O) groups excluding carboxylic acids is 1. The molecule has 1 heterocycles. The van der Waals surface area contributed by atoms with Gasteiger partial charge in [-0.05, 0) is 17.7 Å². The van der Waals surface area contributed by atoms with Crippen LogP contribution in [0.2, 0.25) is 0 Å². The van der Waals surface area contributed by atoms with Gasteiger partial charge in [-0.3, -0.25) is 4.79 Å². The van der Waals surface area contributed by atoms with E-state index < -0.39 is 11.6 Å². The summed E-state index contributed by atoms with van der Waals surface area (Å²) in [6.07, 6.45) is 0.234. The van der Waals surface area contributed by atoms with Crippen LogP contribution in [0.4, 0.5) is 14.5 Å². The molecule has 1 amide bonds. The molecule has 132 valence electrons. The Balaban J connectivity index is 1.57. The van der Waals surface area contributed by atoms with Crippen LogP contribution in [0.25, 0.3) is 0 Å². The second-order valence-electron chi connectivity index (χ2n) is 6.18. The van der Waals surface area contributed by atoms with Crippen LogP contribution in [-0.2, 0) is 4.79 Å². The number of hydrogen-bond donors (Lipinski definition) is 1. The molecule has 1 saturated heterocycles. The number of nitrogens with zero attached hydrogens (tertiary/aromatic N) is 2. The van der Waals surface area contributed by atoms with E-state index in [1.165, 1.54) is 6.07 Å². The molecular weight excluding hydrogens is 324 g/mol. The lowest BCUT2D eigenvalue weighted by Crippen LogP contribution is -2.49. The molecule has 2 aromatic carbocycles. The second-order valence-corrected chi connectivity index (χ2v) is 6.18. The maximum atomic E-state index is 13.9. The molecule has 0 saturated carbocycles. The largest absolute Gasteiger partial charge is 0.366 e. The van der Waals surface area contributed by atoms with E-state index in [1.54, 1.807) is 9.80 Å². The molecule has 0 spiro atoms. The number of amides is 1. The van der Waals surface area contributed by atoms with Gasteiger partial charge in [0.15, 0.2) is 0 Å². The zero-order valence-electron chi connectivity index (χ0n) is 13.9. The van der Waals surface area contributed by atoms with E-state index in [1.807, 2.05) is 30.3 Å². The van der Waals surface area contributed by atoms with Crippen LogP contribution in [0.15, 0.2) is 48.5 Å². The Labute approximate surface area is 145 Å². The minimum Gasteiger partial charge on any atom is -0.366 e. The van der Waals surface area contributed by atoms with Crippen molar-refractivity contribution in [3.8, 4) is 0 Å². The van der Waals surface area contributed by atoms with Crippen LogP contribution >= 0.6 is 0 Å². The highest BCUT2D eigenvalue weighted by atomic mass is 19.1. The quantitative estimate of drug-likeness (QED) is 0.927. The third kappa shape index (κ3) is 4.14. The molecule has 0 radical (unpaired) electrons. The molecule has 0 aromatic heterocycles. The molecule has 1 unspecified atom stereocenters. The van der Waals surface area contributed by atoms with Crippen LogP contribution < -0.4 is 10.6 Å². The summed E-state index contributed by atoms with van der Waals surface area (Å²) in [5.74, 6) is -0.938. The van der Waals surface area contributed by atoms with Crippen molar-refractivity contribution in [2.24, 2.45) is 5.73 Å². The summed E-state index contributed by atoms with van der Waals surface area (Å²) in [6, 6.07) is 12.6. The summed E-state index contributed by atoms with van der Waals surface area (Å²) in [7, 11) is 0. The second kappa shape index (κ2) is 7.61. The first-order valence-corrected chi connectivity index (χ1v) is 8.33. The lowest BCUT2D eigenvalue weighted by Gasteiger charge is -2.36. The molecule has 0 bridgehead atoms. The Morgan fingerprint density at radius 1 is 1.04 bits per heavy atom. The number of hydrogen-bond acceptors (Lipinski definition) is 3. The van der Waals surface area contributed by atoms with Crippen LogP contribution in [0.5, 0.6) is 0 Å². The molecule has 6 heteroatoms. The fourth-order valence-corrected chi connectivity index (χ4v) is 3.06. The number of halogens is 2. The molecule has 0 aliphatic carbocycles.